The Hall–Kier alpha value is -3.27. The fourth-order valence-electron chi connectivity index (χ4n) is 3.58. The molecule has 9 heteroatoms. The van der Waals surface area contributed by atoms with Crippen molar-refractivity contribution in [2.24, 2.45) is 0 Å². The number of carbonyl (C=O) groups excluding carboxylic acids is 1. The Morgan fingerprint density at radius 1 is 1.26 bits per heavy atom. The van der Waals surface area contributed by atoms with Gasteiger partial charge in [0.1, 0.15) is 11.4 Å². The van der Waals surface area contributed by atoms with Crippen molar-refractivity contribution < 1.29 is 22.2 Å². The summed E-state index contributed by atoms with van der Waals surface area (Å²) in [5, 5.41) is 0. The quantitative estimate of drug-likeness (QED) is 0.480. The molecule has 1 unspecified atom stereocenters. The SMILES string of the molecule is C=Cc1cc(C(=O)C2=CC=C(CNS(C)=O)CC=C2)n(S(=O)(=O)c2ccc(OC)cc2)c1/C=C\C. The van der Waals surface area contributed by atoms with E-state index >= 15 is 0 Å². The number of ketones is 1. The van der Waals surface area contributed by atoms with Crippen LogP contribution >= 0.6 is 0 Å². The number of Topliss-reactive ketones (excluding diaryl/α,β-unsaturated/α-hetero) is 1. The van der Waals surface area contributed by atoms with Gasteiger partial charge < -0.3 is 4.74 Å². The van der Waals surface area contributed by atoms with Crippen molar-refractivity contribution in [1.29, 1.82) is 0 Å². The lowest BCUT2D eigenvalue weighted by Gasteiger charge is -2.13. The summed E-state index contributed by atoms with van der Waals surface area (Å²) in [6.07, 6.45) is 13.9. The molecular formula is C26H28N2O5S2. The van der Waals surface area contributed by atoms with E-state index < -0.39 is 26.8 Å². The first-order valence-corrected chi connectivity index (χ1v) is 13.8. The monoisotopic (exact) mass is 512 g/mol. The molecule has 0 amide bonds. The van der Waals surface area contributed by atoms with Crippen molar-refractivity contribution in [2.75, 3.05) is 19.9 Å². The van der Waals surface area contributed by atoms with Crippen molar-refractivity contribution >= 4 is 38.9 Å². The Labute approximate surface area is 208 Å². The Morgan fingerprint density at radius 3 is 2.57 bits per heavy atom. The van der Waals surface area contributed by atoms with Gasteiger partial charge in [0.15, 0.2) is 0 Å². The summed E-state index contributed by atoms with van der Waals surface area (Å²) in [6.45, 7) is 5.98. The molecule has 1 heterocycles. The van der Waals surface area contributed by atoms with Crippen LogP contribution in [0.5, 0.6) is 5.75 Å². The van der Waals surface area contributed by atoms with Crippen LogP contribution in [0.2, 0.25) is 0 Å². The van der Waals surface area contributed by atoms with Gasteiger partial charge in [-0.1, -0.05) is 48.6 Å². The smallest absolute Gasteiger partial charge is 0.268 e. The van der Waals surface area contributed by atoms with Gasteiger partial charge >= 0.3 is 0 Å². The van der Waals surface area contributed by atoms with Crippen LogP contribution in [0.3, 0.4) is 0 Å². The molecule has 1 atom stereocenters. The highest BCUT2D eigenvalue weighted by atomic mass is 32.2. The third-order valence-electron chi connectivity index (χ3n) is 5.34. The van der Waals surface area contributed by atoms with Crippen LogP contribution in [0.25, 0.3) is 12.2 Å². The van der Waals surface area contributed by atoms with Crippen LogP contribution in [0.1, 0.15) is 35.1 Å². The lowest BCUT2D eigenvalue weighted by Crippen LogP contribution is -2.20. The zero-order chi connectivity index (χ0) is 25.6. The van der Waals surface area contributed by atoms with Crippen molar-refractivity contribution in [3.8, 4) is 5.75 Å². The fourth-order valence-corrected chi connectivity index (χ4v) is 5.47. The Kier molecular flexibility index (Phi) is 8.61. The normalized spacial score (nSPS) is 14.8. The van der Waals surface area contributed by atoms with Gasteiger partial charge in [-0.05, 0) is 49.8 Å². The van der Waals surface area contributed by atoms with E-state index in [0.717, 1.165) is 9.55 Å². The lowest BCUT2D eigenvalue weighted by molar-refractivity contribution is 0.103. The molecule has 1 aliphatic rings. The summed E-state index contributed by atoms with van der Waals surface area (Å²) in [5.41, 5.74) is 2.15. The van der Waals surface area contributed by atoms with E-state index in [1.807, 2.05) is 6.08 Å². The van der Waals surface area contributed by atoms with E-state index in [0.29, 0.717) is 35.5 Å². The summed E-state index contributed by atoms with van der Waals surface area (Å²) < 4.78 is 47.9. The summed E-state index contributed by atoms with van der Waals surface area (Å²) in [7, 11) is -3.78. The van der Waals surface area contributed by atoms with Gasteiger partial charge in [-0.25, -0.2) is 21.3 Å². The first kappa shape index (κ1) is 26.3. The Morgan fingerprint density at radius 2 is 1.97 bits per heavy atom. The lowest BCUT2D eigenvalue weighted by atomic mass is 10.1. The average molecular weight is 513 g/mol. The maximum atomic E-state index is 13.8. The van der Waals surface area contributed by atoms with E-state index in [-0.39, 0.29) is 10.6 Å². The van der Waals surface area contributed by atoms with Crippen LogP contribution in [-0.4, -0.2) is 42.3 Å². The van der Waals surface area contributed by atoms with E-state index in [1.165, 1.54) is 31.4 Å². The number of nitrogens with one attached hydrogen (secondary N) is 1. The second-order valence-corrected chi connectivity index (χ2v) is 10.7. The number of hydrogen-bond donors (Lipinski definition) is 1. The zero-order valence-electron chi connectivity index (χ0n) is 19.9. The molecule has 1 aliphatic carbocycles. The molecule has 3 rings (SSSR count). The highest BCUT2D eigenvalue weighted by molar-refractivity contribution is 7.90. The van der Waals surface area contributed by atoms with Gasteiger partial charge in [-0.3, -0.25) is 4.79 Å². The molecule has 0 aliphatic heterocycles. The van der Waals surface area contributed by atoms with E-state index in [1.54, 1.807) is 55.7 Å². The van der Waals surface area contributed by atoms with Crippen LogP contribution in [-0.2, 0) is 21.0 Å². The second-order valence-electron chi connectivity index (χ2n) is 7.68. The van der Waals surface area contributed by atoms with Crippen molar-refractivity contribution in [1.82, 2.24) is 8.69 Å². The third-order valence-corrected chi connectivity index (χ3v) is 7.63. The minimum Gasteiger partial charge on any atom is -0.497 e. The number of nitrogens with zero attached hydrogens (tertiary/aromatic N) is 1. The number of carbonyl (C=O) groups is 1. The number of benzene rings is 1. The predicted octanol–water partition coefficient (Wildman–Crippen LogP) is 4.29. The van der Waals surface area contributed by atoms with Gasteiger partial charge in [-0.15, -0.1) is 0 Å². The molecule has 0 fully saturated rings. The van der Waals surface area contributed by atoms with E-state index in [4.69, 9.17) is 4.74 Å². The number of allylic oxidation sites excluding steroid dienone is 6. The number of rotatable bonds is 10. The Balaban J connectivity index is 2.14. The van der Waals surface area contributed by atoms with Crippen molar-refractivity contribution in [3.63, 3.8) is 0 Å². The van der Waals surface area contributed by atoms with E-state index in [9.17, 15) is 17.4 Å². The summed E-state index contributed by atoms with van der Waals surface area (Å²) in [6, 6.07) is 7.54. The number of aromatic nitrogens is 1. The van der Waals surface area contributed by atoms with Gasteiger partial charge in [0.05, 0.1) is 28.7 Å². The molecule has 0 spiro atoms. The first-order chi connectivity index (χ1) is 16.7. The molecule has 1 N–H and O–H groups in total. The van der Waals surface area contributed by atoms with Gasteiger partial charge in [0, 0.05) is 23.9 Å². The van der Waals surface area contributed by atoms with Gasteiger partial charge in [0.2, 0.25) is 5.78 Å². The molecule has 1 aromatic heterocycles. The molecule has 0 bridgehead atoms. The van der Waals surface area contributed by atoms with Crippen LogP contribution in [0.4, 0.5) is 0 Å². The molecule has 2 aromatic rings. The predicted molar refractivity (Wildman–Crippen MR) is 141 cm³/mol. The maximum Gasteiger partial charge on any atom is 0.268 e. The highest BCUT2D eigenvalue weighted by Crippen LogP contribution is 2.29. The van der Waals surface area contributed by atoms with Gasteiger partial charge in [-0.2, -0.15) is 0 Å². The maximum absolute atomic E-state index is 13.8. The second kappa shape index (κ2) is 11.4. The molecule has 7 nitrogen and oxygen atoms in total. The first-order valence-electron chi connectivity index (χ1n) is 10.8. The summed E-state index contributed by atoms with van der Waals surface area (Å²) in [4.78, 5) is 13.7. The molecule has 184 valence electrons. The number of hydrogen-bond acceptors (Lipinski definition) is 5. The zero-order valence-corrected chi connectivity index (χ0v) is 21.5. The standard InChI is InChI=1S/C26H28N2O5S2/c1-5-8-24-20(6-2)17-25(28(24)35(31,32)23-15-13-22(33-3)14-16-23)26(29)21-10-7-9-19(11-12-21)18-27-34(4)30/h5-8,10-17,27H,2,9,18H2,1,3-4H3/b8-5-. The average Bonchev–Trinajstić information content (AvgIpc) is 3.05. The number of methoxy groups -OCH3 is 1. The molecule has 0 radical (unpaired) electrons. The fraction of sp³-hybridized carbons (Fsp3) is 0.192. The van der Waals surface area contributed by atoms with Crippen molar-refractivity contribution in [3.05, 3.63) is 95.4 Å². The molecule has 0 saturated heterocycles. The molecule has 35 heavy (non-hydrogen) atoms. The van der Waals surface area contributed by atoms with Crippen LogP contribution in [0, 0.1) is 0 Å². The molecular weight excluding hydrogens is 484 g/mol. The topological polar surface area (TPSA) is 94.5 Å². The minimum absolute atomic E-state index is 0.00403. The summed E-state index contributed by atoms with van der Waals surface area (Å²) in [5.74, 6) is 0.0765. The third kappa shape index (κ3) is 5.87. The number of ether oxygens (including phenoxy) is 1. The van der Waals surface area contributed by atoms with E-state index in [2.05, 4.69) is 11.3 Å². The Bertz CT molecular complexity index is 1380. The van der Waals surface area contributed by atoms with Gasteiger partial charge in [0.25, 0.3) is 10.0 Å². The summed E-state index contributed by atoms with van der Waals surface area (Å²) >= 11 is 0. The largest absolute Gasteiger partial charge is 0.497 e. The molecule has 1 aromatic carbocycles. The highest BCUT2D eigenvalue weighted by Gasteiger charge is 2.29. The van der Waals surface area contributed by atoms with Crippen molar-refractivity contribution in [2.45, 2.75) is 18.2 Å². The van der Waals surface area contributed by atoms with Crippen LogP contribution < -0.4 is 9.46 Å². The minimum atomic E-state index is -4.13. The molecule has 0 saturated carbocycles. The van der Waals surface area contributed by atoms with Crippen LogP contribution in [0.15, 0.2) is 83.3 Å².